The minimum Gasteiger partial charge on any atom is -0.310 e. The van der Waals surface area contributed by atoms with Crippen LogP contribution >= 0.6 is 11.6 Å². The van der Waals surface area contributed by atoms with Crippen molar-refractivity contribution < 1.29 is 0 Å². The van der Waals surface area contributed by atoms with E-state index in [1.165, 1.54) is 29.5 Å². The summed E-state index contributed by atoms with van der Waals surface area (Å²) in [5.41, 5.74) is 4.81. The van der Waals surface area contributed by atoms with Crippen LogP contribution in [0.3, 0.4) is 0 Å². The van der Waals surface area contributed by atoms with Gasteiger partial charge in [0.05, 0.1) is 0 Å². The monoisotopic (exact) mass is 271 g/mol. The number of rotatable bonds is 4. The van der Waals surface area contributed by atoms with E-state index in [9.17, 15) is 0 Å². The lowest BCUT2D eigenvalue weighted by atomic mass is 10.0. The smallest absolute Gasteiger partial charge is 0.0487 e. The molecule has 1 N–H and O–H groups in total. The first-order chi connectivity index (χ1) is 9.22. The first kappa shape index (κ1) is 12.7. The molecule has 0 saturated heterocycles. The van der Waals surface area contributed by atoms with Gasteiger partial charge in [-0.25, -0.2) is 0 Å². The third-order valence-corrected chi connectivity index (χ3v) is 3.85. The van der Waals surface area contributed by atoms with Crippen molar-refractivity contribution in [1.82, 2.24) is 5.32 Å². The molecule has 0 amide bonds. The molecular weight excluding hydrogens is 254 g/mol. The topological polar surface area (TPSA) is 12.0 Å². The molecule has 0 radical (unpaired) electrons. The second-order valence-electron chi connectivity index (χ2n) is 5.34. The number of halogens is 1. The number of benzene rings is 2. The normalized spacial score (nSPS) is 14.6. The lowest BCUT2D eigenvalue weighted by Crippen LogP contribution is -2.15. The molecule has 2 aromatic carbocycles. The maximum atomic E-state index is 6.42. The highest BCUT2D eigenvalue weighted by atomic mass is 35.5. The van der Waals surface area contributed by atoms with Crippen LogP contribution in [0.1, 0.15) is 24.0 Å². The zero-order chi connectivity index (χ0) is 13.2. The van der Waals surface area contributed by atoms with E-state index < -0.39 is 0 Å². The Hall–Kier alpha value is -1.31. The van der Waals surface area contributed by atoms with Gasteiger partial charge in [0, 0.05) is 23.2 Å². The predicted octanol–water partition coefficient (Wildman–Crippen LogP) is 4.57. The molecule has 1 fully saturated rings. The number of nitrogens with one attached hydrogen (secondary N) is 1. The molecule has 98 valence electrons. The Morgan fingerprint density at radius 3 is 2.68 bits per heavy atom. The number of hydrogen-bond acceptors (Lipinski definition) is 1. The first-order valence-corrected chi connectivity index (χ1v) is 7.19. The standard InChI is InChI=1S/C17H18ClN/c1-12-3-2-4-14(9-12)16-8-5-13(10-17(16)18)11-19-15-6-7-15/h2-5,8-10,15,19H,6-7,11H2,1H3. The van der Waals surface area contributed by atoms with Crippen LogP contribution in [0.25, 0.3) is 11.1 Å². The van der Waals surface area contributed by atoms with Crippen LogP contribution in [0.4, 0.5) is 0 Å². The third kappa shape index (κ3) is 3.17. The van der Waals surface area contributed by atoms with Gasteiger partial charge < -0.3 is 5.32 Å². The summed E-state index contributed by atoms with van der Waals surface area (Å²) >= 11 is 6.42. The fourth-order valence-corrected chi connectivity index (χ4v) is 2.58. The maximum absolute atomic E-state index is 6.42. The lowest BCUT2D eigenvalue weighted by Gasteiger charge is -2.09. The highest BCUT2D eigenvalue weighted by molar-refractivity contribution is 6.33. The van der Waals surface area contributed by atoms with Crippen molar-refractivity contribution in [2.24, 2.45) is 0 Å². The Morgan fingerprint density at radius 1 is 1.16 bits per heavy atom. The van der Waals surface area contributed by atoms with Gasteiger partial charge in [0.1, 0.15) is 0 Å². The average Bonchev–Trinajstić information content (AvgIpc) is 3.20. The van der Waals surface area contributed by atoms with E-state index >= 15 is 0 Å². The fourth-order valence-electron chi connectivity index (χ4n) is 2.26. The van der Waals surface area contributed by atoms with Crippen LogP contribution in [0, 0.1) is 6.92 Å². The molecule has 19 heavy (non-hydrogen) atoms. The van der Waals surface area contributed by atoms with Crippen molar-refractivity contribution >= 4 is 11.6 Å². The highest BCUT2D eigenvalue weighted by Crippen LogP contribution is 2.29. The summed E-state index contributed by atoms with van der Waals surface area (Å²) < 4.78 is 0. The molecule has 0 atom stereocenters. The lowest BCUT2D eigenvalue weighted by molar-refractivity contribution is 0.688. The quantitative estimate of drug-likeness (QED) is 0.859. The molecule has 2 heteroatoms. The summed E-state index contributed by atoms with van der Waals surface area (Å²) in [5, 5.41) is 4.34. The van der Waals surface area contributed by atoms with Gasteiger partial charge in [-0.3, -0.25) is 0 Å². The molecule has 0 bridgehead atoms. The van der Waals surface area contributed by atoms with Crippen molar-refractivity contribution in [2.45, 2.75) is 32.4 Å². The van der Waals surface area contributed by atoms with Crippen LogP contribution in [0.5, 0.6) is 0 Å². The Morgan fingerprint density at radius 2 is 2.00 bits per heavy atom. The molecule has 1 saturated carbocycles. The van der Waals surface area contributed by atoms with Crippen LogP contribution in [0.15, 0.2) is 42.5 Å². The van der Waals surface area contributed by atoms with E-state index in [2.05, 4.69) is 54.7 Å². The zero-order valence-electron chi connectivity index (χ0n) is 11.1. The van der Waals surface area contributed by atoms with Gasteiger partial charge in [-0.05, 0) is 37.0 Å². The third-order valence-electron chi connectivity index (χ3n) is 3.53. The van der Waals surface area contributed by atoms with E-state index in [1.807, 2.05) is 0 Å². The Balaban J connectivity index is 1.82. The molecule has 0 aliphatic heterocycles. The van der Waals surface area contributed by atoms with Crippen molar-refractivity contribution in [2.75, 3.05) is 0 Å². The van der Waals surface area contributed by atoms with Crippen molar-refractivity contribution in [3.63, 3.8) is 0 Å². The van der Waals surface area contributed by atoms with Crippen molar-refractivity contribution in [3.8, 4) is 11.1 Å². The van der Waals surface area contributed by atoms with E-state index in [0.717, 1.165) is 23.2 Å². The van der Waals surface area contributed by atoms with E-state index in [-0.39, 0.29) is 0 Å². The summed E-state index contributed by atoms with van der Waals surface area (Å²) in [6.07, 6.45) is 2.63. The molecule has 0 aromatic heterocycles. The van der Waals surface area contributed by atoms with Crippen LogP contribution in [0.2, 0.25) is 5.02 Å². The SMILES string of the molecule is Cc1cccc(-c2ccc(CNC3CC3)cc2Cl)c1. The van der Waals surface area contributed by atoms with E-state index in [4.69, 9.17) is 11.6 Å². The maximum Gasteiger partial charge on any atom is 0.0487 e. The van der Waals surface area contributed by atoms with Crippen molar-refractivity contribution in [1.29, 1.82) is 0 Å². The molecule has 1 nitrogen and oxygen atoms in total. The summed E-state index contributed by atoms with van der Waals surface area (Å²) in [4.78, 5) is 0. The van der Waals surface area contributed by atoms with Crippen LogP contribution in [-0.4, -0.2) is 6.04 Å². The van der Waals surface area contributed by atoms with Gasteiger partial charge >= 0.3 is 0 Å². The summed E-state index contributed by atoms with van der Waals surface area (Å²) in [6, 6.07) is 15.6. The molecule has 0 unspecified atom stereocenters. The molecule has 1 aliphatic rings. The molecule has 0 spiro atoms. The Kier molecular flexibility index (Phi) is 3.58. The Bertz CT molecular complexity index is 588. The predicted molar refractivity (Wildman–Crippen MR) is 81.5 cm³/mol. The second-order valence-corrected chi connectivity index (χ2v) is 5.75. The second kappa shape index (κ2) is 5.36. The largest absolute Gasteiger partial charge is 0.310 e. The minimum atomic E-state index is 0.732. The molecule has 2 aromatic rings. The molecule has 3 rings (SSSR count). The first-order valence-electron chi connectivity index (χ1n) is 6.81. The van der Waals surface area contributed by atoms with Gasteiger partial charge in [0.15, 0.2) is 0 Å². The van der Waals surface area contributed by atoms with Crippen LogP contribution < -0.4 is 5.32 Å². The fraction of sp³-hybridized carbons (Fsp3) is 0.294. The number of aryl methyl sites for hydroxylation is 1. The molecule has 1 aliphatic carbocycles. The zero-order valence-corrected chi connectivity index (χ0v) is 11.9. The Labute approximate surface area is 119 Å². The minimum absolute atomic E-state index is 0.732. The van der Waals surface area contributed by atoms with Gasteiger partial charge in [0.25, 0.3) is 0 Å². The van der Waals surface area contributed by atoms with Gasteiger partial charge in [0.2, 0.25) is 0 Å². The number of hydrogen-bond donors (Lipinski definition) is 1. The van der Waals surface area contributed by atoms with Crippen molar-refractivity contribution in [3.05, 3.63) is 58.6 Å². The molecular formula is C17H18ClN. The van der Waals surface area contributed by atoms with Gasteiger partial charge in [-0.2, -0.15) is 0 Å². The summed E-state index contributed by atoms with van der Waals surface area (Å²) in [7, 11) is 0. The highest BCUT2D eigenvalue weighted by Gasteiger charge is 2.20. The molecule has 0 heterocycles. The van der Waals surface area contributed by atoms with Gasteiger partial charge in [-0.15, -0.1) is 0 Å². The van der Waals surface area contributed by atoms with E-state index in [1.54, 1.807) is 0 Å². The van der Waals surface area contributed by atoms with E-state index in [0.29, 0.717) is 0 Å². The average molecular weight is 272 g/mol. The van der Waals surface area contributed by atoms with Gasteiger partial charge in [-0.1, -0.05) is 53.6 Å². The summed E-state index contributed by atoms with van der Waals surface area (Å²) in [5.74, 6) is 0. The van der Waals surface area contributed by atoms with Crippen LogP contribution in [-0.2, 0) is 6.54 Å². The summed E-state index contributed by atoms with van der Waals surface area (Å²) in [6.45, 7) is 3.02.